The van der Waals surface area contributed by atoms with E-state index in [1.807, 2.05) is 34.9 Å². The third-order valence-electron chi connectivity index (χ3n) is 4.72. The van der Waals surface area contributed by atoms with E-state index in [1.54, 1.807) is 7.11 Å². The van der Waals surface area contributed by atoms with Crippen LogP contribution in [-0.4, -0.2) is 17.6 Å². The van der Waals surface area contributed by atoms with Crippen molar-refractivity contribution in [3.05, 3.63) is 65.4 Å². The molecular weight excluding hydrogens is 286 g/mol. The molecule has 0 spiro atoms. The molecule has 1 heterocycles. The Balaban J connectivity index is 1.88. The zero-order valence-electron chi connectivity index (χ0n) is 13.2. The lowest BCUT2D eigenvalue weighted by Gasteiger charge is -2.15. The van der Waals surface area contributed by atoms with Crippen molar-refractivity contribution in [2.45, 2.75) is 25.7 Å². The Labute approximate surface area is 135 Å². The first-order valence-electron chi connectivity index (χ1n) is 8.09. The zero-order chi connectivity index (χ0) is 15.8. The molecule has 1 aliphatic rings. The van der Waals surface area contributed by atoms with Gasteiger partial charge in [-0.05, 0) is 61.6 Å². The number of nitrogens with zero attached hydrogens (tertiary/aromatic N) is 1. The van der Waals surface area contributed by atoms with Crippen molar-refractivity contribution in [1.82, 2.24) is 4.57 Å². The fraction of sp³-hybridized carbons (Fsp3) is 0.250. The van der Waals surface area contributed by atoms with Gasteiger partial charge in [-0.15, -0.1) is 0 Å². The fourth-order valence-corrected chi connectivity index (χ4v) is 3.59. The molecule has 0 saturated heterocycles. The van der Waals surface area contributed by atoms with Crippen LogP contribution in [0.4, 0.5) is 0 Å². The summed E-state index contributed by atoms with van der Waals surface area (Å²) >= 11 is 0. The number of hydrogen-bond acceptors (Lipinski definition) is 2. The van der Waals surface area contributed by atoms with Crippen LogP contribution in [-0.2, 0) is 12.8 Å². The number of methoxy groups -OCH3 is 1. The predicted molar refractivity (Wildman–Crippen MR) is 91.3 cm³/mol. The molecule has 1 aliphatic carbocycles. The maximum absolute atomic E-state index is 13.1. The Kier molecular flexibility index (Phi) is 3.41. The minimum Gasteiger partial charge on any atom is -0.497 e. The number of benzene rings is 2. The average Bonchev–Trinajstić information content (AvgIpc) is 2.96. The fourth-order valence-electron chi connectivity index (χ4n) is 3.59. The van der Waals surface area contributed by atoms with E-state index < -0.39 is 0 Å². The maximum Gasteiger partial charge on any atom is 0.262 e. The van der Waals surface area contributed by atoms with Crippen LogP contribution in [0.2, 0.25) is 0 Å². The minimum atomic E-state index is 0.0482. The average molecular weight is 305 g/mol. The van der Waals surface area contributed by atoms with Crippen LogP contribution in [0.25, 0.3) is 10.9 Å². The molecule has 23 heavy (non-hydrogen) atoms. The van der Waals surface area contributed by atoms with E-state index in [0.717, 1.165) is 30.5 Å². The Morgan fingerprint density at radius 2 is 1.74 bits per heavy atom. The molecule has 3 heteroatoms. The highest BCUT2D eigenvalue weighted by Gasteiger charge is 2.23. The second-order valence-electron chi connectivity index (χ2n) is 6.02. The Morgan fingerprint density at radius 3 is 2.52 bits per heavy atom. The van der Waals surface area contributed by atoms with Gasteiger partial charge in [0, 0.05) is 16.6 Å². The molecule has 3 aromatic rings. The smallest absolute Gasteiger partial charge is 0.262 e. The van der Waals surface area contributed by atoms with E-state index in [0.29, 0.717) is 5.56 Å². The number of ether oxygens (including phenoxy) is 1. The summed E-state index contributed by atoms with van der Waals surface area (Å²) in [4.78, 5) is 13.1. The normalized spacial score (nSPS) is 13.8. The molecule has 116 valence electrons. The largest absolute Gasteiger partial charge is 0.497 e. The van der Waals surface area contributed by atoms with Crippen LogP contribution in [0.15, 0.2) is 48.5 Å². The summed E-state index contributed by atoms with van der Waals surface area (Å²) in [6.07, 6.45) is 4.40. The van der Waals surface area contributed by atoms with E-state index in [2.05, 4.69) is 18.2 Å². The summed E-state index contributed by atoms with van der Waals surface area (Å²) in [5.41, 5.74) is 4.27. The molecule has 0 aliphatic heterocycles. The SMILES string of the molecule is COc1ccc(C(=O)n2c3c(c4ccccc42)CCCC3)cc1. The van der Waals surface area contributed by atoms with Gasteiger partial charge in [0.15, 0.2) is 0 Å². The molecule has 3 nitrogen and oxygen atoms in total. The van der Waals surface area contributed by atoms with Crippen LogP contribution in [0, 0.1) is 0 Å². The monoisotopic (exact) mass is 305 g/mol. The predicted octanol–water partition coefficient (Wildman–Crippen LogP) is 4.22. The Bertz CT molecular complexity index is 875. The molecule has 0 atom stereocenters. The maximum atomic E-state index is 13.1. The molecule has 4 rings (SSSR count). The van der Waals surface area contributed by atoms with Gasteiger partial charge in [0.2, 0.25) is 0 Å². The van der Waals surface area contributed by atoms with Gasteiger partial charge in [0.1, 0.15) is 5.75 Å². The van der Waals surface area contributed by atoms with Gasteiger partial charge in [-0.3, -0.25) is 9.36 Å². The number of hydrogen-bond donors (Lipinski definition) is 0. The molecule has 2 aromatic carbocycles. The number of aryl methyl sites for hydroxylation is 1. The molecule has 0 fully saturated rings. The third-order valence-corrected chi connectivity index (χ3v) is 4.72. The van der Waals surface area contributed by atoms with E-state index in [-0.39, 0.29) is 5.91 Å². The number of carbonyl (C=O) groups is 1. The lowest BCUT2D eigenvalue weighted by molar-refractivity contribution is 0.0961. The van der Waals surface area contributed by atoms with Gasteiger partial charge >= 0.3 is 0 Å². The number of rotatable bonds is 2. The summed E-state index contributed by atoms with van der Waals surface area (Å²) in [6, 6.07) is 15.6. The minimum absolute atomic E-state index is 0.0482. The van der Waals surface area contributed by atoms with Crippen molar-refractivity contribution in [2.75, 3.05) is 7.11 Å². The molecule has 0 radical (unpaired) electrons. The van der Waals surface area contributed by atoms with E-state index in [1.165, 1.54) is 23.1 Å². The highest BCUT2D eigenvalue weighted by atomic mass is 16.5. The first kappa shape index (κ1) is 14.1. The topological polar surface area (TPSA) is 31.2 Å². The lowest BCUT2D eigenvalue weighted by atomic mass is 9.95. The van der Waals surface area contributed by atoms with Crippen LogP contribution >= 0.6 is 0 Å². The second kappa shape index (κ2) is 5.58. The van der Waals surface area contributed by atoms with Crippen LogP contribution in [0.1, 0.15) is 34.5 Å². The zero-order valence-corrected chi connectivity index (χ0v) is 13.2. The first-order chi connectivity index (χ1) is 11.3. The summed E-state index contributed by atoms with van der Waals surface area (Å²) in [7, 11) is 1.63. The molecule has 0 unspecified atom stereocenters. The van der Waals surface area contributed by atoms with Crippen molar-refractivity contribution in [1.29, 1.82) is 0 Å². The molecule has 1 aromatic heterocycles. The van der Waals surface area contributed by atoms with Gasteiger partial charge in [-0.25, -0.2) is 0 Å². The van der Waals surface area contributed by atoms with Gasteiger partial charge in [-0.1, -0.05) is 18.2 Å². The molecule has 0 saturated carbocycles. The summed E-state index contributed by atoms with van der Waals surface area (Å²) in [6.45, 7) is 0. The molecule has 0 N–H and O–H groups in total. The highest BCUT2D eigenvalue weighted by Crippen LogP contribution is 2.32. The van der Waals surface area contributed by atoms with Gasteiger partial charge in [0.05, 0.1) is 12.6 Å². The first-order valence-corrected chi connectivity index (χ1v) is 8.09. The van der Waals surface area contributed by atoms with Crippen molar-refractivity contribution < 1.29 is 9.53 Å². The Hall–Kier alpha value is -2.55. The molecule has 0 bridgehead atoms. The quantitative estimate of drug-likeness (QED) is 0.710. The van der Waals surface area contributed by atoms with E-state index >= 15 is 0 Å². The summed E-state index contributed by atoms with van der Waals surface area (Å²) < 4.78 is 7.10. The standard InChI is InChI=1S/C20H19NO2/c1-23-15-12-10-14(11-13-15)20(22)21-18-8-4-2-6-16(18)17-7-3-5-9-19(17)21/h2,4,6,8,10-13H,3,5,7,9H2,1H3. The Morgan fingerprint density at radius 1 is 1.00 bits per heavy atom. The number of aromatic nitrogens is 1. The molecule has 0 amide bonds. The van der Waals surface area contributed by atoms with Crippen LogP contribution in [0.3, 0.4) is 0 Å². The van der Waals surface area contributed by atoms with Crippen molar-refractivity contribution in [3.8, 4) is 5.75 Å². The lowest BCUT2D eigenvalue weighted by Crippen LogP contribution is -2.17. The number of fused-ring (bicyclic) bond motifs is 3. The summed E-state index contributed by atoms with van der Waals surface area (Å²) in [5, 5.41) is 1.23. The highest BCUT2D eigenvalue weighted by molar-refractivity contribution is 6.04. The third kappa shape index (κ3) is 2.24. The van der Waals surface area contributed by atoms with Gasteiger partial charge in [-0.2, -0.15) is 0 Å². The van der Waals surface area contributed by atoms with Crippen molar-refractivity contribution >= 4 is 16.8 Å². The summed E-state index contributed by atoms with van der Waals surface area (Å²) in [5.74, 6) is 0.813. The van der Waals surface area contributed by atoms with Gasteiger partial charge in [0.25, 0.3) is 5.91 Å². The number of para-hydroxylation sites is 1. The van der Waals surface area contributed by atoms with Crippen LogP contribution < -0.4 is 4.74 Å². The number of carbonyl (C=O) groups excluding carboxylic acids is 1. The van der Waals surface area contributed by atoms with Crippen molar-refractivity contribution in [3.63, 3.8) is 0 Å². The van der Waals surface area contributed by atoms with Gasteiger partial charge < -0.3 is 4.74 Å². The van der Waals surface area contributed by atoms with Crippen molar-refractivity contribution in [2.24, 2.45) is 0 Å². The van der Waals surface area contributed by atoms with E-state index in [4.69, 9.17) is 4.74 Å². The van der Waals surface area contributed by atoms with Crippen LogP contribution in [0.5, 0.6) is 5.75 Å². The van der Waals surface area contributed by atoms with E-state index in [9.17, 15) is 4.79 Å². The molecular formula is C20H19NO2. The second-order valence-corrected chi connectivity index (χ2v) is 6.02.